The van der Waals surface area contributed by atoms with Crippen LogP contribution < -0.4 is 11.1 Å². The predicted octanol–water partition coefficient (Wildman–Crippen LogP) is 1.49. The Morgan fingerprint density at radius 2 is 2.00 bits per heavy atom. The molecule has 4 nitrogen and oxygen atoms in total. The molecule has 0 aliphatic heterocycles. The van der Waals surface area contributed by atoms with Gasteiger partial charge in [0.15, 0.2) is 0 Å². The molecule has 0 spiro atoms. The first-order valence-electron chi connectivity index (χ1n) is 5.29. The number of hydrogen-bond donors (Lipinski definition) is 2. The third kappa shape index (κ3) is 3.90. The lowest BCUT2D eigenvalue weighted by molar-refractivity contribution is 0.157. The molecule has 0 bridgehead atoms. The van der Waals surface area contributed by atoms with Crippen molar-refractivity contribution in [2.75, 3.05) is 13.2 Å². The maximum Gasteiger partial charge on any atom is 0.404 e. The molecular formula is C12H18N2O2. The van der Waals surface area contributed by atoms with Crippen LogP contribution in [0.1, 0.15) is 16.7 Å². The van der Waals surface area contributed by atoms with E-state index in [0.717, 1.165) is 6.54 Å². The van der Waals surface area contributed by atoms with Crippen LogP contribution in [0.3, 0.4) is 0 Å². The quantitative estimate of drug-likeness (QED) is 0.742. The summed E-state index contributed by atoms with van der Waals surface area (Å²) in [6.45, 7) is 5.87. The van der Waals surface area contributed by atoms with Crippen LogP contribution in [-0.2, 0) is 11.3 Å². The monoisotopic (exact) mass is 222 g/mol. The van der Waals surface area contributed by atoms with Gasteiger partial charge in [0, 0.05) is 13.1 Å². The molecule has 1 aromatic rings. The van der Waals surface area contributed by atoms with Gasteiger partial charge in [0.1, 0.15) is 6.61 Å². The van der Waals surface area contributed by atoms with Crippen molar-refractivity contribution >= 4 is 6.09 Å². The van der Waals surface area contributed by atoms with Crippen LogP contribution in [0, 0.1) is 13.8 Å². The maximum absolute atomic E-state index is 10.3. The lowest BCUT2D eigenvalue weighted by atomic mass is 10.0. The summed E-state index contributed by atoms with van der Waals surface area (Å²) in [6.07, 6.45) is -0.728. The summed E-state index contributed by atoms with van der Waals surface area (Å²) in [5.74, 6) is 0. The van der Waals surface area contributed by atoms with Gasteiger partial charge in [-0.15, -0.1) is 0 Å². The summed E-state index contributed by atoms with van der Waals surface area (Å²) in [7, 11) is 0. The highest BCUT2D eigenvalue weighted by Crippen LogP contribution is 2.12. The fourth-order valence-electron chi connectivity index (χ4n) is 1.56. The molecule has 0 aliphatic rings. The molecule has 0 heterocycles. The highest BCUT2D eigenvalue weighted by molar-refractivity contribution is 5.64. The van der Waals surface area contributed by atoms with E-state index < -0.39 is 6.09 Å². The first kappa shape index (κ1) is 12.5. The van der Waals surface area contributed by atoms with Crippen LogP contribution in [0.5, 0.6) is 0 Å². The van der Waals surface area contributed by atoms with E-state index in [1.54, 1.807) is 0 Å². The van der Waals surface area contributed by atoms with Gasteiger partial charge in [-0.3, -0.25) is 0 Å². The average Bonchev–Trinajstić information content (AvgIpc) is 2.21. The molecule has 3 N–H and O–H groups in total. The Hall–Kier alpha value is -1.55. The fourth-order valence-corrected chi connectivity index (χ4v) is 1.56. The average molecular weight is 222 g/mol. The van der Waals surface area contributed by atoms with E-state index in [1.165, 1.54) is 16.7 Å². The molecule has 0 fully saturated rings. The molecule has 16 heavy (non-hydrogen) atoms. The summed E-state index contributed by atoms with van der Waals surface area (Å²) in [6, 6.07) is 6.22. The van der Waals surface area contributed by atoms with Gasteiger partial charge in [-0.05, 0) is 30.5 Å². The summed E-state index contributed by atoms with van der Waals surface area (Å²) in [5.41, 5.74) is 8.67. The van der Waals surface area contributed by atoms with Crippen LogP contribution in [0.15, 0.2) is 18.2 Å². The minimum atomic E-state index is -0.728. The molecule has 0 unspecified atom stereocenters. The first-order valence-corrected chi connectivity index (χ1v) is 5.29. The Balaban J connectivity index is 2.34. The van der Waals surface area contributed by atoms with Crippen molar-refractivity contribution in [3.8, 4) is 0 Å². The molecule has 0 aliphatic carbocycles. The number of primary amides is 1. The van der Waals surface area contributed by atoms with Crippen molar-refractivity contribution < 1.29 is 9.53 Å². The van der Waals surface area contributed by atoms with Crippen molar-refractivity contribution in [1.82, 2.24) is 5.32 Å². The highest BCUT2D eigenvalue weighted by atomic mass is 16.5. The molecule has 4 heteroatoms. The zero-order valence-electron chi connectivity index (χ0n) is 9.75. The number of ether oxygens (including phenoxy) is 1. The number of rotatable bonds is 5. The summed E-state index contributed by atoms with van der Waals surface area (Å²) in [5, 5.41) is 3.21. The minimum absolute atomic E-state index is 0.306. The summed E-state index contributed by atoms with van der Waals surface area (Å²) in [4.78, 5) is 10.3. The zero-order valence-corrected chi connectivity index (χ0v) is 9.75. The molecule has 1 rings (SSSR count). The first-order chi connectivity index (χ1) is 7.61. The second-order valence-electron chi connectivity index (χ2n) is 3.71. The normalized spacial score (nSPS) is 10.1. The molecule has 0 aromatic heterocycles. The van der Waals surface area contributed by atoms with Crippen LogP contribution >= 0.6 is 0 Å². The molecule has 0 saturated heterocycles. The Bertz CT molecular complexity index is 344. The summed E-state index contributed by atoms with van der Waals surface area (Å²) < 4.78 is 4.62. The van der Waals surface area contributed by atoms with Gasteiger partial charge < -0.3 is 15.8 Å². The van der Waals surface area contributed by atoms with E-state index in [1.807, 2.05) is 6.07 Å². The smallest absolute Gasteiger partial charge is 0.404 e. The highest BCUT2D eigenvalue weighted by Gasteiger charge is 2.01. The number of carbonyl (C=O) groups is 1. The van der Waals surface area contributed by atoms with Crippen molar-refractivity contribution in [2.45, 2.75) is 20.4 Å². The predicted molar refractivity (Wildman–Crippen MR) is 63.2 cm³/mol. The number of benzene rings is 1. The Labute approximate surface area is 95.8 Å². The van der Waals surface area contributed by atoms with Crippen molar-refractivity contribution in [1.29, 1.82) is 0 Å². The number of aryl methyl sites for hydroxylation is 2. The van der Waals surface area contributed by atoms with Gasteiger partial charge in [0.2, 0.25) is 0 Å². The van der Waals surface area contributed by atoms with Crippen molar-refractivity contribution in [3.63, 3.8) is 0 Å². The van der Waals surface area contributed by atoms with Crippen LogP contribution in [0.25, 0.3) is 0 Å². The van der Waals surface area contributed by atoms with Gasteiger partial charge in [0.05, 0.1) is 0 Å². The maximum atomic E-state index is 10.3. The fraction of sp³-hybridized carbons (Fsp3) is 0.417. The van der Waals surface area contributed by atoms with E-state index >= 15 is 0 Å². The minimum Gasteiger partial charge on any atom is -0.448 e. The van der Waals surface area contributed by atoms with Gasteiger partial charge in [-0.2, -0.15) is 0 Å². The molecule has 0 saturated carbocycles. The second kappa shape index (κ2) is 6.12. The van der Waals surface area contributed by atoms with E-state index in [0.29, 0.717) is 13.2 Å². The molecule has 0 atom stereocenters. The largest absolute Gasteiger partial charge is 0.448 e. The number of amides is 1. The lowest BCUT2D eigenvalue weighted by Crippen LogP contribution is -2.23. The van der Waals surface area contributed by atoms with E-state index in [4.69, 9.17) is 5.73 Å². The van der Waals surface area contributed by atoms with Gasteiger partial charge in [-0.1, -0.05) is 18.2 Å². The molecule has 0 radical (unpaired) electrons. The molecule has 1 amide bonds. The summed E-state index contributed by atoms with van der Waals surface area (Å²) >= 11 is 0. The van der Waals surface area contributed by atoms with Crippen molar-refractivity contribution in [3.05, 3.63) is 34.9 Å². The molecular weight excluding hydrogens is 204 g/mol. The third-order valence-corrected chi connectivity index (χ3v) is 2.47. The molecule has 88 valence electrons. The Kier molecular flexibility index (Phi) is 4.79. The number of nitrogens with one attached hydrogen (secondary N) is 1. The second-order valence-corrected chi connectivity index (χ2v) is 3.71. The SMILES string of the molecule is Cc1cccc(C)c1CNCCOC(N)=O. The Morgan fingerprint density at radius 3 is 2.56 bits per heavy atom. The topological polar surface area (TPSA) is 64.3 Å². The number of carbonyl (C=O) groups excluding carboxylic acids is 1. The van der Waals surface area contributed by atoms with Crippen LogP contribution in [-0.4, -0.2) is 19.2 Å². The zero-order chi connectivity index (χ0) is 12.0. The molecule has 1 aromatic carbocycles. The lowest BCUT2D eigenvalue weighted by Gasteiger charge is -2.10. The van der Waals surface area contributed by atoms with E-state index in [2.05, 4.69) is 36.0 Å². The van der Waals surface area contributed by atoms with E-state index in [-0.39, 0.29) is 0 Å². The number of hydrogen-bond acceptors (Lipinski definition) is 3. The van der Waals surface area contributed by atoms with Crippen LogP contribution in [0.4, 0.5) is 4.79 Å². The standard InChI is InChI=1S/C12H18N2O2/c1-9-4-3-5-10(2)11(9)8-14-6-7-16-12(13)15/h3-5,14H,6-8H2,1-2H3,(H2,13,15). The number of nitrogens with two attached hydrogens (primary N) is 1. The third-order valence-electron chi connectivity index (χ3n) is 2.47. The van der Waals surface area contributed by atoms with Gasteiger partial charge in [0.25, 0.3) is 0 Å². The van der Waals surface area contributed by atoms with Gasteiger partial charge in [-0.25, -0.2) is 4.79 Å². The van der Waals surface area contributed by atoms with Crippen LogP contribution in [0.2, 0.25) is 0 Å². The van der Waals surface area contributed by atoms with Crippen molar-refractivity contribution in [2.24, 2.45) is 5.73 Å². The Morgan fingerprint density at radius 1 is 1.38 bits per heavy atom. The van der Waals surface area contributed by atoms with Gasteiger partial charge >= 0.3 is 6.09 Å². The van der Waals surface area contributed by atoms with E-state index in [9.17, 15) is 4.79 Å².